The van der Waals surface area contributed by atoms with E-state index < -0.39 is 13.3 Å². The topological polar surface area (TPSA) is 89.5 Å². The molecule has 0 aliphatic heterocycles. The third kappa shape index (κ3) is 4.70. The molecule has 0 amide bonds. The lowest BCUT2D eigenvalue weighted by Gasteiger charge is -2.10. The second kappa shape index (κ2) is 10.9. The van der Waals surface area contributed by atoms with Crippen molar-refractivity contribution in [3.8, 4) is 22.8 Å². The number of rotatable bonds is 11. The lowest BCUT2D eigenvalue weighted by atomic mass is 9.99. The number of ketones is 1. The van der Waals surface area contributed by atoms with Crippen LogP contribution in [0.2, 0.25) is 0 Å². The highest BCUT2D eigenvalue weighted by atomic mass is 19.2. The molecule has 188 valence electrons. The van der Waals surface area contributed by atoms with Gasteiger partial charge in [-0.3, -0.25) is 4.79 Å². The summed E-state index contributed by atoms with van der Waals surface area (Å²) in [6.07, 6.45) is 7.44. The molecule has 36 heavy (non-hydrogen) atoms. The van der Waals surface area contributed by atoms with Gasteiger partial charge in [0.1, 0.15) is 5.76 Å². The predicted octanol–water partition coefficient (Wildman–Crippen LogP) is 6.75. The molecule has 0 saturated heterocycles. The van der Waals surface area contributed by atoms with E-state index in [9.17, 15) is 13.4 Å². The van der Waals surface area contributed by atoms with Crippen molar-refractivity contribution in [1.29, 1.82) is 0 Å². The monoisotopic (exact) mass is 492 g/mol. The SMILES string of the molecule is CCc1c(C(=O)/C=C(/OB(F)F)c2[nH]c(-c3ccc[nH]3)c(CC)c2CC)[nH]c(-c2ccc[nH]2)c1CC. The minimum absolute atomic E-state index is 0.171. The van der Waals surface area contributed by atoms with E-state index in [-0.39, 0.29) is 5.76 Å². The molecule has 0 aliphatic carbocycles. The van der Waals surface area contributed by atoms with Crippen LogP contribution in [0.5, 0.6) is 0 Å². The average Bonchev–Trinajstić information content (AvgIpc) is 3.66. The van der Waals surface area contributed by atoms with Gasteiger partial charge in [0.2, 0.25) is 5.78 Å². The van der Waals surface area contributed by atoms with Gasteiger partial charge in [0.05, 0.1) is 34.2 Å². The summed E-state index contributed by atoms with van der Waals surface area (Å²) in [7, 11) is -3.08. The van der Waals surface area contributed by atoms with Crippen LogP contribution in [0.3, 0.4) is 0 Å². The van der Waals surface area contributed by atoms with Gasteiger partial charge in [-0.25, -0.2) is 8.63 Å². The normalized spacial score (nSPS) is 11.8. The Morgan fingerprint density at radius 3 is 1.69 bits per heavy atom. The Balaban J connectivity index is 1.85. The molecular weight excluding hydrogens is 461 g/mol. The van der Waals surface area contributed by atoms with E-state index in [4.69, 9.17) is 4.65 Å². The molecule has 0 aromatic carbocycles. The van der Waals surface area contributed by atoms with Crippen LogP contribution in [-0.4, -0.2) is 33.2 Å². The van der Waals surface area contributed by atoms with E-state index in [1.807, 2.05) is 58.2 Å². The number of aromatic nitrogens is 4. The van der Waals surface area contributed by atoms with Crippen molar-refractivity contribution in [3.63, 3.8) is 0 Å². The standard InChI is InChI=1S/C27H31BF2N4O2/c1-5-16-18(7-3)26(33-24(16)20-11-9-13-31-20)22(35)15-23(36-28(29)30)27-19(8-4)17(6-2)25(34-27)21-12-10-14-32-21/h9-15,31-34H,5-8H2,1-4H3/b23-15+. The largest absolute Gasteiger partial charge is 0.796 e. The van der Waals surface area contributed by atoms with Crippen molar-refractivity contribution in [3.05, 3.63) is 76.4 Å². The zero-order valence-electron chi connectivity index (χ0n) is 21.0. The summed E-state index contributed by atoms with van der Waals surface area (Å²) in [4.78, 5) is 26.4. The lowest BCUT2D eigenvalue weighted by Crippen LogP contribution is -2.09. The molecule has 0 saturated carbocycles. The van der Waals surface area contributed by atoms with E-state index in [0.717, 1.165) is 51.5 Å². The summed E-state index contributed by atoms with van der Waals surface area (Å²) in [6.45, 7) is 7.99. The van der Waals surface area contributed by atoms with E-state index in [0.29, 0.717) is 30.7 Å². The number of carbonyl (C=O) groups is 1. The summed E-state index contributed by atoms with van der Waals surface area (Å²) < 4.78 is 32.1. The minimum atomic E-state index is -3.08. The van der Waals surface area contributed by atoms with Gasteiger partial charge < -0.3 is 24.6 Å². The van der Waals surface area contributed by atoms with Gasteiger partial charge in [-0.15, -0.1) is 0 Å². The van der Waals surface area contributed by atoms with Crippen molar-refractivity contribution in [1.82, 2.24) is 19.9 Å². The molecule has 4 aromatic rings. The Kier molecular flexibility index (Phi) is 7.67. The molecule has 9 heteroatoms. The van der Waals surface area contributed by atoms with Crippen molar-refractivity contribution >= 4 is 19.0 Å². The molecule has 4 rings (SSSR count). The molecule has 0 unspecified atom stereocenters. The molecule has 4 N–H and O–H groups in total. The van der Waals surface area contributed by atoms with Crippen molar-refractivity contribution < 1.29 is 18.1 Å². The van der Waals surface area contributed by atoms with E-state index in [1.165, 1.54) is 6.08 Å². The summed E-state index contributed by atoms with van der Waals surface area (Å²) in [6, 6.07) is 7.61. The van der Waals surface area contributed by atoms with Crippen molar-refractivity contribution in [2.45, 2.75) is 53.4 Å². The second-order valence-electron chi connectivity index (χ2n) is 8.50. The van der Waals surface area contributed by atoms with Crippen LogP contribution in [0.1, 0.15) is 66.1 Å². The number of allylic oxidation sites excluding steroid dienone is 1. The minimum Gasteiger partial charge on any atom is -0.503 e. The summed E-state index contributed by atoms with van der Waals surface area (Å²) >= 11 is 0. The van der Waals surface area contributed by atoms with E-state index >= 15 is 0 Å². The Hall–Kier alpha value is -3.75. The molecule has 0 fully saturated rings. The molecule has 4 aromatic heterocycles. The Morgan fingerprint density at radius 1 is 0.806 bits per heavy atom. The highest BCUT2D eigenvalue weighted by Gasteiger charge is 2.28. The fraction of sp³-hybridized carbons (Fsp3) is 0.296. The lowest BCUT2D eigenvalue weighted by molar-refractivity contribution is 0.104. The maximum atomic E-state index is 13.6. The fourth-order valence-electron chi connectivity index (χ4n) is 5.02. The van der Waals surface area contributed by atoms with Gasteiger partial charge in [0.15, 0.2) is 0 Å². The van der Waals surface area contributed by atoms with Crippen molar-refractivity contribution in [2.75, 3.05) is 0 Å². The van der Waals surface area contributed by atoms with Crippen LogP contribution < -0.4 is 0 Å². The van der Waals surface area contributed by atoms with E-state index in [2.05, 4.69) is 19.9 Å². The van der Waals surface area contributed by atoms with Crippen LogP contribution in [-0.2, 0) is 30.3 Å². The predicted molar refractivity (Wildman–Crippen MR) is 140 cm³/mol. The number of aromatic amines is 4. The molecule has 0 spiro atoms. The third-order valence-electron chi connectivity index (χ3n) is 6.56. The Bertz CT molecular complexity index is 1350. The smallest absolute Gasteiger partial charge is 0.503 e. The number of nitrogens with one attached hydrogen (secondary N) is 4. The first-order valence-corrected chi connectivity index (χ1v) is 12.4. The summed E-state index contributed by atoms with van der Waals surface area (Å²) in [5.74, 6) is -0.582. The quantitative estimate of drug-likeness (QED) is 0.0808. The molecule has 0 aliphatic rings. The van der Waals surface area contributed by atoms with Gasteiger partial charge in [-0.1, -0.05) is 27.7 Å². The molecular formula is C27H31BF2N4O2. The van der Waals surface area contributed by atoms with Crippen molar-refractivity contribution in [2.24, 2.45) is 0 Å². The zero-order chi connectivity index (χ0) is 25.8. The van der Waals surface area contributed by atoms with Crippen LogP contribution in [0.4, 0.5) is 8.63 Å². The molecule has 0 radical (unpaired) electrons. The number of carbonyl (C=O) groups excluding carboxylic acids is 1. The first-order valence-electron chi connectivity index (χ1n) is 12.4. The van der Waals surface area contributed by atoms with Crippen LogP contribution in [0.15, 0.2) is 42.7 Å². The van der Waals surface area contributed by atoms with Gasteiger partial charge in [-0.2, -0.15) is 0 Å². The Morgan fingerprint density at radius 2 is 1.28 bits per heavy atom. The second-order valence-corrected chi connectivity index (χ2v) is 8.50. The number of hydrogen-bond donors (Lipinski definition) is 4. The van der Waals surface area contributed by atoms with Crippen LogP contribution >= 0.6 is 0 Å². The third-order valence-corrected chi connectivity index (χ3v) is 6.56. The number of hydrogen-bond acceptors (Lipinski definition) is 2. The number of H-pyrrole nitrogens is 4. The maximum Gasteiger partial charge on any atom is 0.796 e. The first kappa shape index (κ1) is 25.4. The first-order chi connectivity index (χ1) is 17.4. The van der Waals surface area contributed by atoms with Gasteiger partial charge in [0.25, 0.3) is 0 Å². The molecule has 6 nitrogen and oxygen atoms in total. The average molecular weight is 492 g/mol. The molecule has 4 heterocycles. The summed E-state index contributed by atoms with van der Waals surface area (Å²) in [5.41, 5.74) is 7.91. The highest BCUT2D eigenvalue weighted by Crippen LogP contribution is 2.34. The number of halogens is 2. The zero-order valence-corrected chi connectivity index (χ0v) is 21.0. The summed E-state index contributed by atoms with van der Waals surface area (Å²) in [5, 5.41) is 0. The van der Waals surface area contributed by atoms with E-state index in [1.54, 1.807) is 6.20 Å². The fourth-order valence-corrected chi connectivity index (χ4v) is 5.02. The van der Waals surface area contributed by atoms with Gasteiger partial charge >= 0.3 is 7.47 Å². The highest BCUT2D eigenvalue weighted by molar-refractivity contribution is 6.36. The van der Waals surface area contributed by atoms with Crippen LogP contribution in [0.25, 0.3) is 28.5 Å². The van der Waals surface area contributed by atoms with Gasteiger partial charge in [-0.05, 0) is 72.2 Å². The Labute approximate surface area is 209 Å². The maximum absolute atomic E-state index is 13.6. The van der Waals surface area contributed by atoms with Crippen LogP contribution in [0, 0.1) is 0 Å². The molecule has 0 bridgehead atoms. The van der Waals surface area contributed by atoms with Gasteiger partial charge in [0, 0.05) is 18.5 Å². The molecule has 0 atom stereocenters.